The highest BCUT2D eigenvalue weighted by Crippen LogP contribution is 2.10. The summed E-state index contributed by atoms with van der Waals surface area (Å²) in [5.74, 6) is -0.801. The summed E-state index contributed by atoms with van der Waals surface area (Å²) in [6.07, 6.45) is 3.00. The first-order valence-corrected chi connectivity index (χ1v) is 7.05. The minimum atomic E-state index is -0.801. The molecule has 0 fully saturated rings. The molecule has 1 aromatic rings. The molecular weight excluding hydrogens is 256 g/mol. The molecule has 0 aromatic carbocycles. The predicted molar refractivity (Wildman–Crippen MR) is 78.7 cm³/mol. The van der Waals surface area contributed by atoms with E-state index in [-0.39, 0.29) is 6.54 Å². The molecule has 1 unspecified atom stereocenters. The first-order valence-electron chi connectivity index (χ1n) is 7.05. The Labute approximate surface area is 121 Å². The molecule has 20 heavy (non-hydrogen) atoms. The Morgan fingerprint density at radius 2 is 2.15 bits per heavy atom. The van der Waals surface area contributed by atoms with Crippen LogP contribution in [0.5, 0.6) is 0 Å². The van der Waals surface area contributed by atoms with E-state index in [0.717, 1.165) is 25.2 Å². The zero-order chi connectivity index (χ0) is 15.1. The second-order valence-electron chi connectivity index (χ2n) is 5.45. The van der Waals surface area contributed by atoms with Gasteiger partial charge in [0.05, 0.1) is 12.2 Å². The normalized spacial score (nSPS) is 13.1. The molecule has 0 aliphatic rings. The van der Waals surface area contributed by atoms with Crippen LogP contribution < -0.4 is 0 Å². The minimum Gasteiger partial charge on any atom is -0.480 e. The summed E-state index contributed by atoms with van der Waals surface area (Å²) in [4.78, 5) is 14.9. The maximum absolute atomic E-state index is 10.9. The number of likely N-dealkylation sites (N-methyl/N-ethyl adjacent to an activating group) is 1. The minimum absolute atomic E-state index is 0.0457. The fourth-order valence-electron chi connectivity index (χ4n) is 1.87. The Kier molecular flexibility index (Phi) is 6.67. The number of carboxylic acids is 1. The zero-order valence-corrected chi connectivity index (χ0v) is 12.9. The van der Waals surface area contributed by atoms with E-state index in [1.54, 1.807) is 0 Å². The van der Waals surface area contributed by atoms with Gasteiger partial charge >= 0.3 is 5.97 Å². The van der Waals surface area contributed by atoms with Crippen LogP contribution >= 0.6 is 0 Å². The molecule has 1 N–H and O–H groups in total. The topological polar surface area (TPSA) is 61.6 Å². The third kappa shape index (κ3) is 5.71. The summed E-state index contributed by atoms with van der Waals surface area (Å²) < 4.78 is 1.94. The lowest BCUT2D eigenvalue weighted by Gasteiger charge is -2.21. The second kappa shape index (κ2) is 8.01. The van der Waals surface area contributed by atoms with Gasteiger partial charge in [0.25, 0.3) is 0 Å². The monoisotopic (exact) mass is 282 g/mol. The number of aromatic nitrogens is 2. The van der Waals surface area contributed by atoms with Crippen molar-refractivity contribution in [3.8, 4) is 0 Å². The van der Waals surface area contributed by atoms with Crippen LogP contribution in [0.4, 0.5) is 0 Å². The van der Waals surface area contributed by atoms with Crippen LogP contribution in [0, 0.1) is 0 Å². The van der Waals surface area contributed by atoms with Gasteiger partial charge in [-0.1, -0.05) is 6.92 Å². The van der Waals surface area contributed by atoms with Gasteiger partial charge < -0.3 is 10.0 Å². The van der Waals surface area contributed by atoms with Gasteiger partial charge in [-0.3, -0.25) is 14.4 Å². The largest absolute Gasteiger partial charge is 0.480 e. The number of carbonyl (C=O) groups is 1. The van der Waals surface area contributed by atoms with Gasteiger partial charge in [-0.2, -0.15) is 5.10 Å². The molecular formula is C14H26N4O2. The number of hydrogen-bond donors (Lipinski definition) is 1. The van der Waals surface area contributed by atoms with Gasteiger partial charge in [0.2, 0.25) is 0 Å². The Hall–Kier alpha value is -1.40. The van der Waals surface area contributed by atoms with E-state index < -0.39 is 5.97 Å². The van der Waals surface area contributed by atoms with Crippen LogP contribution in [0.2, 0.25) is 0 Å². The van der Waals surface area contributed by atoms with Crippen LogP contribution in [0.25, 0.3) is 0 Å². The zero-order valence-electron chi connectivity index (χ0n) is 12.9. The summed E-state index contributed by atoms with van der Waals surface area (Å²) >= 11 is 0. The van der Waals surface area contributed by atoms with E-state index in [9.17, 15) is 4.79 Å². The van der Waals surface area contributed by atoms with Crippen molar-refractivity contribution < 1.29 is 9.90 Å². The first-order chi connectivity index (χ1) is 9.42. The van der Waals surface area contributed by atoms with E-state index in [1.807, 2.05) is 40.8 Å². The Bertz CT molecular complexity index is 417. The van der Waals surface area contributed by atoms with Crippen molar-refractivity contribution in [3.05, 3.63) is 18.0 Å². The molecule has 6 nitrogen and oxygen atoms in total. The highest BCUT2D eigenvalue weighted by atomic mass is 16.4. The molecule has 1 atom stereocenters. The maximum Gasteiger partial charge on any atom is 0.317 e. The van der Waals surface area contributed by atoms with Crippen molar-refractivity contribution in [1.82, 2.24) is 19.6 Å². The van der Waals surface area contributed by atoms with Gasteiger partial charge in [0.15, 0.2) is 0 Å². The van der Waals surface area contributed by atoms with Gasteiger partial charge in [0.1, 0.15) is 0 Å². The van der Waals surface area contributed by atoms with Crippen LogP contribution in [-0.4, -0.2) is 64.4 Å². The van der Waals surface area contributed by atoms with Crippen LogP contribution in [0.1, 0.15) is 32.0 Å². The van der Waals surface area contributed by atoms with Crippen molar-refractivity contribution in [1.29, 1.82) is 0 Å². The van der Waals surface area contributed by atoms with Crippen molar-refractivity contribution in [2.24, 2.45) is 0 Å². The summed E-state index contributed by atoms with van der Waals surface area (Å²) in [6, 6.07) is 2.34. The van der Waals surface area contributed by atoms with Crippen LogP contribution in [0.15, 0.2) is 12.3 Å². The Balaban J connectivity index is 2.63. The lowest BCUT2D eigenvalue weighted by atomic mass is 10.3. The molecule has 0 bridgehead atoms. The number of aliphatic carboxylic acids is 1. The predicted octanol–water partition coefficient (Wildman–Crippen LogP) is 1.30. The van der Waals surface area contributed by atoms with Gasteiger partial charge in [-0.05, 0) is 33.5 Å². The number of rotatable bonds is 9. The van der Waals surface area contributed by atoms with E-state index in [2.05, 4.69) is 18.9 Å². The van der Waals surface area contributed by atoms with Crippen molar-refractivity contribution in [2.75, 3.05) is 33.7 Å². The SMILES string of the molecule is CCC(C)n1ccc(CN(CCN(C)C)CC(=O)O)n1. The molecule has 0 amide bonds. The second-order valence-corrected chi connectivity index (χ2v) is 5.45. The number of nitrogens with zero attached hydrogens (tertiary/aromatic N) is 4. The molecule has 6 heteroatoms. The lowest BCUT2D eigenvalue weighted by Crippen LogP contribution is -2.35. The molecule has 0 saturated heterocycles. The fraction of sp³-hybridized carbons (Fsp3) is 0.714. The highest BCUT2D eigenvalue weighted by Gasteiger charge is 2.13. The van der Waals surface area contributed by atoms with Crippen molar-refractivity contribution in [2.45, 2.75) is 32.9 Å². The van der Waals surface area contributed by atoms with E-state index in [1.165, 1.54) is 0 Å². The summed E-state index contributed by atoms with van der Waals surface area (Å²) in [6.45, 7) is 6.42. The molecule has 0 aliphatic heterocycles. The van der Waals surface area contributed by atoms with Gasteiger partial charge in [-0.25, -0.2) is 0 Å². The fourth-order valence-corrected chi connectivity index (χ4v) is 1.87. The molecule has 0 radical (unpaired) electrons. The standard InChI is InChI=1S/C14H26N4O2/c1-5-12(2)18-7-6-13(15-18)10-17(11-14(19)20)9-8-16(3)4/h6-7,12H,5,8-11H2,1-4H3,(H,19,20). The Morgan fingerprint density at radius 3 is 2.70 bits per heavy atom. The average molecular weight is 282 g/mol. The quantitative estimate of drug-likeness (QED) is 0.740. The molecule has 1 heterocycles. The van der Waals surface area contributed by atoms with Gasteiger partial charge in [0, 0.05) is 31.9 Å². The van der Waals surface area contributed by atoms with Crippen molar-refractivity contribution >= 4 is 5.97 Å². The number of hydrogen-bond acceptors (Lipinski definition) is 4. The first kappa shape index (κ1) is 16.7. The molecule has 0 saturated carbocycles. The molecule has 1 rings (SSSR count). The average Bonchev–Trinajstić information content (AvgIpc) is 2.82. The summed E-state index contributed by atoms with van der Waals surface area (Å²) in [7, 11) is 3.97. The van der Waals surface area contributed by atoms with Crippen LogP contribution in [-0.2, 0) is 11.3 Å². The lowest BCUT2D eigenvalue weighted by molar-refractivity contribution is -0.138. The van der Waals surface area contributed by atoms with E-state index in [0.29, 0.717) is 12.6 Å². The Morgan fingerprint density at radius 1 is 1.45 bits per heavy atom. The summed E-state index contributed by atoms with van der Waals surface area (Å²) in [5, 5.41) is 13.5. The maximum atomic E-state index is 10.9. The third-order valence-electron chi connectivity index (χ3n) is 3.31. The van der Waals surface area contributed by atoms with Crippen molar-refractivity contribution in [3.63, 3.8) is 0 Å². The van der Waals surface area contributed by atoms with Gasteiger partial charge in [-0.15, -0.1) is 0 Å². The highest BCUT2D eigenvalue weighted by molar-refractivity contribution is 5.69. The summed E-state index contributed by atoms with van der Waals surface area (Å²) in [5.41, 5.74) is 0.922. The molecule has 0 aliphatic carbocycles. The molecule has 114 valence electrons. The number of carboxylic acid groups (broad SMARTS) is 1. The molecule has 0 spiro atoms. The third-order valence-corrected chi connectivity index (χ3v) is 3.31. The van der Waals surface area contributed by atoms with E-state index >= 15 is 0 Å². The molecule has 1 aromatic heterocycles. The van der Waals surface area contributed by atoms with E-state index in [4.69, 9.17) is 5.11 Å². The smallest absolute Gasteiger partial charge is 0.317 e. The van der Waals surface area contributed by atoms with Crippen LogP contribution in [0.3, 0.4) is 0 Å².